The number of aromatic nitrogens is 3. The predicted molar refractivity (Wildman–Crippen MR) is 148 cm³/mol. The molecule has 3 fully saturated rings. The van der Waals surface area contributed by atoms with E-state index in [1.807, 2.05) is 12.1 Å². The number of ether oxygens (including phenoxy) is 1. The van der Waals surface area contributed by atoms with E-state index in [9.17, 15) is 0 Å². The standard InChI is InChI=1S/C31H38FN5O/c1-19-6-3-7-22-8-4-10-24(26(19)22)28-27(32)29-25(15-33-28)30(37-16-20-11-12-21(14-20)17-37)35-31(34-29)38-18-23-9-5-13-36(23)2/h4,8,10,15,19-21,23H,3,5-7,9,11-14,16-18H2,1-2H3/t19?,20?,21?,23-/m0/s1. The van der Waals surface area contributed by atoms with Crippen LogP contribution in [0.4, 0.5) is 10.2 Å². The van der Waals surface area contributed by atoms with Gasteiger partial charge >= 0.3 is 6.01 Å². The third kappa shape index (κ3) is 4.23. The maximum absolute atomic E-state index is 16.5. The van der Waals surface area contributed by atoms with Gasteiger partial charge in [0.25, 0.3) is 0 Å². The molecule has 3 unspecified atom stereocenters. The summed E-state index contributed by atoms with van der Waals surface area (Å²) in [4.78, 5) is 19.0. The Morgan fingerprint density at radius 3 is 2.68 bits per heavy atom. The van der Waals surface area contributed by atoms with Gasteiger partial charge in [0.1, 0.15) is 23.6 Å². The van der Waals surface area contributed by atoms with Crippen LogP contribution in [0.1, 0.15) is 68.9 Å². The third-order valence-corrected chi connectivity index (χ3v) is 9.65. The summed E-state index contributed by atoms with van der Waals surface area (Å²) in [5.41, 5.74) is 4.19. The van der Waals surface area contributed by atoms with Gasteiger partial charge < -0.3 is 14.5 Å². The zero-order valence-corrected chi connectivity index (χ0v) is 22.6. The number of hydrogen-bond donors (Lipinski definition) is 0. The van der Waals surface area contributed by atoms with Gasteiger partial charge in [-0.2, -0.15) is 9.97 Å². The molecule has 3 aromatic rings. The number of hydrogen-bond acceptors (Lipinski definition) is 6. The van der Waals surface area contributed by atoms with Crippen molar-refractivity contribution in [3.8, 4) is 17.3 Å². The number of aryl methyl sites for hydroxylation is 1. The van der Waals surface area contributed by atoms with Crippen LogP contribution in [0.2, 0.25) is 0 Å². The van der Waals surface area contributed by atoms with Gasteiger partial charge in [-0.05, 0) is 93.8 Å². The van der Waals surface area contributed by atoms with Crippen molar-refractivity contribution in [3.63, 3.8) is 0 Å². The molecule has 2 aromatic heterocycles. The van der Waals surface area contributed by atoms with E-state index in [1.54, 1.807) is 6.20 Å². The molecule has 2 saturated heterocycles. The van der Waals surface area contributed by atoms with Crippen molar-refractivity contribution in [2.75, 3.05) is 38.2 Å². The number of benzene rings is 1. The minimum atomic E-state index is -0.361. The molecule has 200 valence electrons. The van der Waals surface area contributed by atoms with Gasteiger partial charge in [0.05, 0.1) is 5.39 Å². The van der Waals surface area contributed by atoms with Crippen LogP contribution in [0.3, 0.4) is 0 Å². The van der Waals surface area contributed by atoms with Crippen LogP contribution in [0, 0.1) is 17.7 Å². The van der Waals surface area contributed by atoms with Crippen molar-refractivity contribution in [2.24, 2.45) is 11.8 Å². The number of likely N-dealkylation sites (N-methyl/N-ethyl adjacent to an activating group) is 1. The average molecular weight is 516 g/mol. The third-order valence-electron chi connectivity index (χ3n) is 9.65. The van der Waals surface area contributed by atoms with Crippen molar-refractivity contribution >= 4 is 16.7 Å². The maximum Gasteiger partial charge on any atom is 0.319 e. The molecule has 38 heavy (non-hydrogen) atoms. The number of anilines is 1. The lowest BCUT2D eigenvalue weighted by Crippen LogP contribution is -2.37. The van der Waals surface area contributed by atoms with Crippen LogP contribution in [-0.4, -0.2) is 59.2 Å². The normalized spacial score (nSPS) is 27.2. The van der Waals surface area contributed by atoms with E-state index in [1.165, 1.54) is 43.2 Å². The molecular weight excluding hydrogens is 477 g/mol. The molecule has 7 rings (SSSR count). The van der Waals surface area contributed by atoms with Crippen molar-refractivity contribution < 1.29 is 9.13 Å². The average Bonchev–Trinajstić information content (AvgIpc) is 3.50. The largest absolute Gasteiger partial charge is 0.462 e. The molecule has 2 aliphatic heterocycles. The van der Waals surface area contributed by atoms with Crippen LogP contribution in [-0.2, 0) is 6.42 Å². The fourth-order valence-corrected chi connectivity index (χ4v) is 7.62. The van der Waals surface area contributed by atoms with E-state index in [2.05, 4.69) is 29.8 Å². The molecule has 2 bridgehead atoms. The van der Waals surface area contributed by atoms with Crippen molar-refractivity contribution in [3.05, 3.63) is 41.3 Å². The number of nitrogens with zero attached hydrogens (tertiary/aromatic N) is 5. The lowest BCUT2D eigenvalue weighted by atomic mass is 9.80. The van der Waals surface area contributed by atoms with Gasteiger partial charge in [-0.1, -0.05) is 25.1 Å². The number of piperidine rings is 1. The molecule has 0 N–H and O–H groups in total. The van der Waals surface area contributed by atoms with Gasteiger partial charge in [0, 0.05) is 30.9 Å². The topological polar surface area (TPSA) is 54.4 Å². The maximum atomic E-state index is 16.5. The molecule has 7 heteroatoms. The molecule has 4 heterocycles. The SMILES string of the molecule is CC1CCCc2cccc(-c3ncc4c(N5CC6CCC(C6)C5)nc(OC[C@@H]5CCCN5C)nc4c3F)c21. The minimum Gasteiger partial charge on any atom is -0.462 e. The summed E-state index contributed by atoms with van der Waals surface area (Å²) in [6.07, 6.45) is 11.3. The number of fused-ring (bicyclic) bond motifs is 4. The van der Waals surface area contributed by atoms with E-state index in [0.717, 1.165) is 50.3 Å². The van der Waals surface area contributed by atoms with E-state index < -0.39 is 0 Å². The van der Waals surface area contributed by atoms with Crippen LogP contribution in [0.15, 0.2) is 24.4 Å². The first-order chi connectivity index (χ1) is 18.5. The highest BCUT2D eigenvalue weighted by Crippen LogP contribution is 2.42. The molecule has 4 atom stereocenters. The quantitative estimate of drug-likeness (QED) is 0.417. The van der Waals surface area contributed by atoms with Gasteiger partial charge in [-0.25, -0.2) is 4.39 Å². The first-order valence-electron chi connectivity index (χ1n) is 14.6. The summed E-state index contributed by atoms with van der Waals surface area (Å²) in [7, 11) is 2.14. The van der Waals surface area contributed by atoms with Gasteiger partial charge in [0.15, 0.2) is 5.82 Å². The first kappa shape index (κ1) is 24.3. The Kier molecular flexibility index (Phi) is 6.22. The first-order valence-corrected chi connectivity index (χ1v) is 14.6. The molecule has 4 aliphatic rings. The monoisotopic (exact) mass is 515 g/mol. The van der Waals surface area contributed by atoms with Crippen LogP contribution in [0.5, 0.6) is 6.01 Å². The summed E-state index contributed by atoms with van der Waals surface area (Å²) < 4.78 is 22.7. The molecule has 0 radical (unpaired) electrons. The molecule has 1 saturated carbocycles. The van der Waals surface area contributed by atoms with Crippen molar-refractivity contribution in [1.29, 1.82) is 0 Å². The zero-order valence-electron chi connectivity index (χ0n) is 22.6. The fraction of sp³-hybridized carbons (Fsp3) is 0.581. The highest BCUT2D eigenvalue weighted by Gasteiger charge is 2.35. The van der Waals surface area contributed by atoms with Gasteiger partial charge in [-0.3, -0.25) is 4.98 Å². The second kappa shape index (κ2) is 9.74. The molecule has 0 spiro atoms. The molecular formula is C31H38FN5O. The summed E-state index contributed by atoms with van der Waals surface area (Å²) >= 11 is 0. The summed E-state index contributed by atoms with van der Waals surface area (Å²) in [6.45, 7) is 5.77. The Morgan fingerprint density at radius 1 is 1.05 bits per heavy atom. The summed E-state index contributed by atoms with van der Waals surface area (Å²) in [6, 6.07) is 6.88. The number of halogens is 1. The summed E-state index contributed by atoms with van der Waals surface area (Å²) in [5.74, 6) is 2.18. The molecule has 1 aromatic carbocycles. The number of rotatable bonds is 5. The second-order valence-electron chi connectivity index (χ2n) is 12.2. The molecule has 2 aliphatic carbocycles. The Balaban J connectivity index is 1.33. The van der Waals surface area contributed by atoms with Gasteiger partial charge in [0.2, 0.25) is 0 Å². The van der Waals surface area contributed by atoms with Crippen LogP contribution >= 0.6 is 0 Å². The minimum absolute atomic E-state index is 0.283. The van der Waals surface area contributed by atoms with Crippen molar-refractivity contribution in [2.45, 2.75) is 70.3 Å². The van der Waals surface area contributed by atoms with E-state index >= 15 is 4.39 Å². The predicted octanol–water partition coefficient (Wildman–Crippen LogP) is 5.98. The number of pyridine rings is 1. The summed E-state index contributed by atoms with van der Waals surface area (Å²) in [5, 5.41) is 0.690. The Hall–Kier alpha value is -2.80. The number of likely N-dealkylation sites (tertiary alicyclic amines) is 1. The highest BCUT2D eigenvalue weighted by atomic mass is 19.1. The lowest BCUT2D eigenvalue weighted by molar-refractivity contribution is 0.188. The van der Waals surface area contributed by atoms with Crippen molar-refractivity contribution in [1.82, 2.24) is 19.9 Å². The van der Waals surface area contributed by atoms with E-state index in [4.69, 9.17) is 19.7 Å². The van der Waals surface area contributed by atoms with Gasteiger partial charge in [-0.15, -0.1) is 0 Å². The van der Waals surface area contributed by atoms with Crippen LogP contribution < -0.4 is 9.64 Å². The van der Waals surface area contributed by atoms with Crippen LogP contribution in [0.25, 0.3) is 22.2 Å². The Labute approximate surface area is 224 Å². The zero-order chi connectivity index (χ0) is 25.8. The molecule has 6 nitrogen and oxygen atoms in total. The Bertz CT molecular complexity index is 1350. The van der Waals surface area contributed by atoms with E-state index in [-0.39, 0.29) is 11.8 Å². The smallest absolute Gasteiger partial charge is 0.319 e. The van der Waals surface area contributed by atoms with E-state index in [0.29, 0.717) is 47.0 Å². The Morgan fingerprint density at radius 2 is 1.89 bits per heavy atom. The molecule has 0 amide bonds. The lowest BCUT2D eigenvalue weighted by Gasteiger charge is -2.33. The second-order valence-corrected chi connectivity index (χ2v) is 12.2. The highest BCUT2D eigenvalue weighted by molar-refractivity contribution is 5.92. The fourth-order valence-electron chi connectivity index (χ4n) is 7.62.